The largest absolute Gasteiger partial charge is 0.486 e. The molecule has 0 radical (unpaired) electrons. The van der Waals surface area contributed by atoms with Crippen LogP contribution in [0, 0.1) is 20.8 Å². The average molecular weight is 423 g/mol. The zero-order valence-corrected chi connectivity index (χ0v) is 18.3. The van der Waals surface area contributed by atoms with Crippen LogP contribution >= 0.6 is 11.8 Å². The van der Waals surface area contributed by atoms with E-state index in [2.05, 4.69) is 22.1 Å². The molecule has 0 saturated carbocycles. The molecule has 1 heterocycles. The molecule has 30 heavy (non-hydrogen) atoms. The zero-order chi connectivity index (χ0) is 21.5. The summed E-state index contributed by atoms with van der Waals surface area (Å²) >= 11 is 1.34. The molecular formula is C23H26N4O2S. The zero-order valence-electron chi connectivity index (χ0n) is 17.5. The van der Waals surface area contributed by atoms with Gasteiger partial charge < -0.3 is 10.1 Å². The van der Waals surface area contributed by atoms with Crippen molar-refractivity contribution in [3.8, 4) is 5.75 Å². The van der Waals surface area contributed by atoms with E-state index in [4.69, 9.17) is 4.74 Å². The second-order valence-corrected chi connectivity index (χ2v) is 8.00. The predicted molar refractivity (Wildman–Crippen MR) is 121 cm³/mol. The van der Waals surface area contributed by atoms with Gasteiger partial charge in [0.15, 0.2) is 11.0 Å². The average Bonchev–Trinajstić information content (AvgIpc) is 3.10. The number of carbonyl (C=O) groups excluding carboxylic acids is 1. The molecule has 1 aromatic heterocycles. The fourth-order valence-electron chi connectivity index (χ4n) is 2.88. The van der Waals surface area contributed by atoms with E-state index in [-0.39, 0.29) is 11.7 Å². The van der Waals surface area contributed by atoms with Crippen LogP contribution in [0.5, 0.6) is 5.75 Å². The van der Waals surface area contributed by atoms with E-state index < -0.39 is 0 Å². The number of ether oxygens (including phenoxy) is 1. The Morgan fingerprint density at radius 3 is 2.73 bits per heavy atom. The molecule has 7 heteroatoms. The fourth-order valence-corrected chi connectivity index (χ4v) is 3.65. The summed E-state index contributed by atoms with van der Waals surface area (Å²) < 4.78 is 7.77. The normalized spacial score (nSPS) is 10.6. The number of allylic oxidation sites excluding steroid dienone is 1. The van der Waals surface area contributed by atoms with Crippen molar-refractivity contribution in [2.45, 2.75) is 39.1 Å². The van der Waals surface area contributed by atoms with Gasteiger partial charge in [-0.25, -0.2) is 0 Å². The number of nitrogens with zero attached hydrogens (tertiary/aromatic N) is 3. The summed E-state index contributed by atoms with van der Waals surface area (Å²) in [6, 6.07) is 13.9. The quantitative estimate of drug-likeness (QED) is 0.400. The van der Waals surface area contributed by atoms with Gasteiger partial charge in [0.2, 0.25) is 5.91 Å². The summed E-state index contributed by atoms with van der Waals surface area (Å²) in [6.07, 6.45) is 1.78. The van der Waals surface area contributed by atoms with E-state index >= 15 is 0 Å². The van der Waals surface area contributed by atoms with Crippen molar-refractivity contribution in [3.05, 3.63) is 77.6 Å². The monoisotopic (exact) mass is 422 g/mol. The molecule has 0 aliphatic rings. The highest BCUT2D eigenvalue weighted by atomic mass is 32.2. The van der Waals surface area contributed by atoms with Gasteiger partial charge >= 0.3 is 0 Å². The van der Waals surface area contributed by atoms with Gasteiger partial charge in [-0.2, -0.15) is 0 Å². The van der Waals surface area contributed by atoms with E-state index in [0.717, 1.165) is 28.1 Å². The Labute approximate surface area is 181 Å². The van der Waals surface area contributed by atoms with Crippen LogP contribution in [-0.4, -0.2) is 26.4 Å². The Hall–Kier alpha value is -3.06. The number of amides is 1. The van der Waals surface area contributed by atoms with Crippen molar-refractivity contribution >= 4 is 23.4 Å². The maximum Gasteiger partial charge on any atom is 0.234 e. The number of benzene rings is 2. The lowest BCUT2D eigenvalue weighted by molar-refractivity contribution is -0.113. The van der Waals surface area contributed by atoms with Crippen molar-refractivity contribution in [1.29, 1.82) is 0 Å². The summed E-state index contributed by atoms with van der Waals surface area (Å²) in [5.74, 6) is 1.63. The predicted octanol–water partition coefficient (Wildman–Crippen LogP) is 4.70. The van der Waals surface area contributed by atoms with Gasteiger partial charge in [0.05, 0.1) is 5.75 Å². The van der Waals surface area contributed by atoms with E-state index in [1.54, 1.807) is 6.08 Å². The molecule has 1 amide bonds. The molecule has 0 aliphatic carbocycles. The first-order valence-electron chi connectivity index (χ1n) is 9.68. The van der Waals surface area contributed by atoms with Crippen molar-refractivity contribution < 1.29 is 9.53 Å². The van der Waals surface area contributed by atoms with Crippen LogP contribution in [-0.2, 0) is 17.9 Å². The molecule has 1 N–H and O–H groups in total. The van der Waals surface area contributed by atoms with E-state index in [0.29, 0.717) is 24.1 Å². The van der Waals surface area contributed by atoms with Crippen molar-refractivity contribution in [1.82, 2.24) is 14.8 Å². The lowest BCUT2D eigenvalue weighted by Gasteiger charge is -2.11. The topological polar surface area (TPSA) is 69.0 Å². The van der Waals surface area contributed by atoms with Gasteiger partial charge in [0.1, 0.15) is 12.4 Å². The first-order chi connectivity index (χ1) is 14.5. The number of anilines is 1. The fraction of sp³-hybridized carbons (Fsp3) is 0.261. The van der Waals surface area contributed by atoms with Crippen LogP contribution in [0.25, 0.3) is 0 Å². The third-order valence-electron chi connectivity index (χ3n) is 4.46. The Kier molecular flexibility index (Phi) is 7.30. The molecule has 3 aromatic rings. The van der Waals surface area contributed by atoms with Crippen molar-refractivity contribution in [3.63, 3.8) is 0 Å². The minimum Gasteiger partial charge on any atom is -0.486 e. The van der Waals surface area contributed by atoms with Gasteiger partial charge in [0.25, 0.3) is 0 Å². The summed E-state index contributed by atoms with van der Waals surface area (Å²) in [4.78, 5) is 12.4. The number of hydrogen-bond donors (Lipinski definition) is 1. The molecule has 0 aliphatic heterocycles. The molecule has 6 nitrogen and oxygen atoms in total. The first kappa shape index (κ1) is 21.6. The third kappa shape index (κ3) is 5.73. The molecule has 0 unspecified atom stereocenters. The highest BCUT2D eigenvalue weighted by Crippen LogP contribution is 2.21. The minimum absolute atomic E-state index is 0.0839. The lowest BCUT2D eigenvalue weighted by atomic mass is 10.1. The number of carbonyl (C=O) groups is 1. The summed E-state index contributed by atoms with van der Waals surface area (Å²) in [5, 5.41) is 12.1. The molecule has 0 saturated heterocycles. The maximum absolute atomic E-state index is 12.4. The SMILES string of the molecule is C=CCn1c(COc2cccc(C)c2)nnc1SCC(=O)Nc1cc(C)ccc1C. The van der Waals surface area contributed by atoms with Crippen LogP contribution in [0.1, 0.15) is 22.5 Å². The highest BCUT2D eigenvalue weighted by Gasteiger charge is 2.14. The third-order valence-corrected chi connectivity index (χ3v) is 5.43. The van der Waals surface area contributed by atoms with E-state index in [1.807, 2.05) is 67.8 Å². The van der Waals surface area contributed by atoms with Crippen LogP contribution in [0.4, 0.5) is 5.69 Å². The molecule has 0 atom stereocenters. The second kappa shape index (κ2) is 10.1. The molecular weight excluding hydrogens is 396 g/mol. The number of hydrogen-bond acceptors (Lipinski definition) is 5. The Balaban J connectivity index is 1.63. The molecule has 2 aromatic carbocycles. The molecule has 0 bridgehead atoms. The molecule has 156 valence electrons. The number of thioether (sulfide) groups is 1. The second-order valence-electron chi connectivity index (χ2n) is 7.06. The maximum atomic E-state index is 12.4. The molecule has 3 rings (SSSR count). The van der Waals surface area contributed by atoms with Crippen LogP contribution in [0.2, 0.25) is 0 Å². The van der Waals surface area contributed by atoms with Gasteiger partial charge in [-0.15, -0.1) is 16.8 Å². The Bertz CT molecular complexity index is 1050. The van der Waals surface area contributed by atoms with Gasteiger partial charge in [-0.05, 0) is 55.7 Å². The van der Waals surface area contributed by atoms with Crippen molar-refractivity contribution in [2.24, 2.45) is 0 Å². The Morgan fingerprint density at radius 2 is 1.97 bits per heavy atom. The number of nitrogens with one attached hydrogen (secondary N) is 1. The van der Waals surface area contributed by atoms with Crippen molar-refractivity contribution in [2.75, 3.05) is 11.1 Å². The van der Waals surface area contributed by atoms with E-state index in [9.17, 15) is 4.79 Å². The smallest absolute Gasteiger partial charge is 0.234 e. The van der Waals surface area contributed by atoms with Gasteiger partial charge in [0, 0.05) is 12.2 Å². The Morgan fingerprint density at radius 1 is 1.17 bits per heavy atom. The molecule has 0 spiro atoms. The number of aryl methyl sites for hydroxylation is 3. The molecule has 0 fully saturated rings. The highest BCUT2D eigenvalue weighted by molar-refractivity contribution is 7.99. The van der Waals surface area contributed by atoms with Gasteiger partial charge in [-0.3, -0.25) is 9.36 Å². The minimum atomic E-state index is -0.0839. The first-order valence-corrected chi connectivity index (χ1v) is 10.7. The van der Waals surface area contributed by atoms with Crippen LogP contribution in [0.3, 0.4) is 0 Å². The van der Waals surface area contributed by atoms with E-state index in [1.165, 1.54) is 11.8 Å². The lowest BCUT2D eigenvalue weighted by Crippen LogP contribution is -2.15. The van der Waals surface area contributed by atoms with Crippen LogP contribution in [0.15, 0.2) is 60.3 Å². The summed E-state index contributed by atoms with van der Waals surface area (Å²) in [5.41, 5.74) is 4.10. The number of rotatable bonds is 9. The van der Waals surface area contributed by atoms with Gasteiger partial charge in [-0.1, -0.05) is 42.1 Å². The summed E-state index contributed by atoms with van der Waals surface area (Å²) in [6.45, 7) is 10.6. The summed E-state index contributed by atoms with van der Waals surface area (Å²) in [7, 11) is 0. The number of aromatic nitrogens is 3. The van der Waals surface area contributed by atoms with Crippen LogP contribution < -0.4 is 10.1 Å². The standard InChI is InChI=1S/C23H26N4O2S/c1-5-11-27-21(14-29-19-8-6-7-16(2)12-19)25-26-23(27)30-15-22(28)24-20-13-17(3)9-10-18(20)4/h5-10,12-13H,1,11,14-15H2,2-4H3,(H,24,28).